The van der Waals surface area contributed by atoms with Crippen LogP contribution in [0.4, 0.5) is 0 Å². The van der Waals surface area contributed by atoms with Crippen LogP contribution < -0.4 is 14.8 Å². The summed E-state index contributed by atoms with van der Waals surface area (Å²) in [5.41, 5.74) is 0. The molecule has 0 aliphatic carbocycles. The number of nitrogens with zero attached hydrogens (tertiary/aromatic N) is 3. The van der Waals surface area contributed by atoms with Crippen molar-refractivity contribution in [3.05, 3.63) is 36.0 Å². The number of piperazine rings is 1. The van der Waals surface area contributed by atoms with Crippen molar-refractivity contribution in [2.75, 3.05) is 33.8 Å². The summed E-state index contributed by atoms with van der Waals surface area (Å²) < 4.78 is 16.1. The maximum Gasteiger partial charge on any atom is 0.264 e. The molecule has 3 rings (SSSR count). The molecule has 22 heavy (non-hydrogen) atoms. The first-order valence-electron chi connectivity index (χ1n) is 7.26. The van der Waals surface area contributed by atoms with E-state index in [9.17, 15) is 0 Å². The van der Waals surface area contributed by atoms with Crippen LogP contribution in [0.15, 0.2) is 28.8 Å². The smallest absolute Gasteiger partial charge is 0.264 e. The fraction of sp³-hybridized carbons (Fsp3) is 0.467. The quantitative estimate of drug-likeness (QED) is 0.890. The van der Waals surface area contributed by atoms with E-state index in [1.54, 1.807) is 7.11 Å². The number of nitrogens with one attached hydrogen (secondary N) is 1. The molecule has 1 aliphatic heterocycles. The normalized spacial score (nSPS) is 19.1. The third kappa shape index (κ3) is 3.37. The number of rotatable bonds is 5. The first-order chi connectivity index (χ1) is 10.8. The van der Waals surface area contributed by atoms with Crippen molar-refractivity contribution in [1.82, 2.24) is 20.4 Å². The Morgan fingerprint density at radius 1 is 1.41 bits per heavy atom. The van der Waals surface area contributed by atoms with Crippen molar-refractivity contribution in [2.24, 2.45) is 0 Å². The lowest BCUT2D eigenvalue weighted by atomic mass is 10.2. The van der Waals surface area contributed by atoms with Gasteiger partial charge in [-0.3, -0.25) is 4.90 Å². The molecule has 1 fully saturated rings. The third-order valence-corrected chi connectivity index (χ3v) is 3.70. The maximum absolute atomic E-state index is 5.66. The molecule has 118 valence electrons. The second-order valence-corrected chi connectivity index (χ2v) is 5.21. The molecule has 0 amide bonds. The van der Waals surface area contributed by atoms with Gasteiger partial charge in [0.2, 0.25) is 0 Å². The van der Waals surface area contributed by atoms with Gasteiger partial charge in [-0.05, 0) is 19.2 Å². The second-order valence-electron chi connectivity index (χ2n) is 5.21. The van der Waals surface area contributed by atoms with Crippen molar-refractivity contribution in [3.8, 4) is 11.5 Å². The summed E-state index contributed by atoms with van der Waals surface area (Å²) in [7, 11) is 3.69. The second kappa shape index (κ2) is 6.76. The highest BCUT2D eigenvalue weighted by Gasteiger charge is 2.25. The minimum atomic E-state index is 0.142. The Kier molecular flexibility index (Phi) is 4.55. The molecule has 1 aromatic carbocycles. The van der Waals surface area contributed by atoms with Crippen molar-refractivity contribution in [1.29, 1.82) is 0 Å². The average Bonchev–Trinajstić information content (AvgIpc) is 3.02. The van der Waals surface area contributed by atoms with Gasteiger partial charge in [-0.15, -0.1) is 0 Å². The molecular formula is C15H20N4O3. The van der Waals surface area contributed by atoms with Gasteiger partial charge in [0.25, 0.3) is 5.89 Å². The number of hydrogen-bond donors (Lipinski definition) is 1. The summed E-state index contributed by atoms with van der Waals surface area (Å²) in [6, 6.07) is 7.55. The Morgan fingerprint density at radius 2 is 2.27 bits per heavy atom. The Balaban J connectivity index is 1.61. The van der Waals surface area contributed by atoms with Crippen LogP contribution in [0, 0.1) is 0 Å². The predicted octanol–water partition coefficient (Wildman–Crippen LogP) is 1.23. The van der Waals surface area contributed by atoms with Crippen LogP contribution in [0.25, 0.3) is 0 Å². The molecule has 2 aromatic rings. The number of aromatic nitrogens is 2. The molecule has 1 atom stereocenters. The highest BCUT2D eigenvalue weighted by atomic mass is 16.5. The van der Waals surface area contributed by atoms with Gasteiger partial charge in [0.05, 0.1) is 13.2 Å². The standard InChI is InChI=1S/C15H20N4O3/c1-19-7-6-16-9-13(19)15-17-14(22-18-15)10-21-12-5-3-4-11(8-12)20-2/h3-5,8,13,16H,6-7,9-10H2,1-2H3. The van der Waals surface area contributed by atoms with Gasteiger partial charge in [-0.2, -0.15) is 4.98 Å². The van der Waals surface area contributed by atoms with Crippen LogP contribution in [-0.2, 0) is 6.61 Å². The zero-order chi connectivity index (χ0) is 15.4. The van der Waals surface area contributed by atoms with Crippen molar-refractivity contribution >= 4 is 0 Å². The van der Waals surface area contributed by atoms with Crippen LogP contribution in [0.2, 0.25) is 0 Å². The Hall–Kier alpha value is -2.12. The van der Waals surface area contributed by atoms with E-state index in [-0.39, 0.29) is 12.6 Å². The maximum atomic E-state index is 5.66. The van der Waals surface area contributed by atoms with Crippen LogP contribution in [0.1, 0.15) is 17.8 Å². The van der Waals surface area contributed by atoms with Crippen molar-refractivity contribution < 1.29 is 14.0 Å². The molecule has 0 spiro atoms. The largest absolute Gasteiger partial charge is 0.497 e. The Labute approximate surface area is 129 Å². The van der Waals surface area contributed by atoms with E-state index in [4.69, 9.17) is 14.0 Å². The van der Waals surface area contributed by atoms with E-state index < -0.39 is 0 Å². The summed E-state index contributed by atoms with van der Waals surface area (Å²) in [6.07, 6.45) is 0. The van der Waals surface area contributed by atoms with Gasteiger partial charge in [-0.1, -0.05) is 11.2 Å². The van der Waals surface area contributed by atoms with Crippen LogP contribution in [-0.4, -0.2) is 48.8 Å². The van der Waals surface area contributed by atoms with Gasteiger partial charge >= 0.3 is 0 Å². The van der Waals surface area contributed by atoms with Crippen LogP contribution in [0.3, 0.4) is 0 Å². The number of likely N-dealkylation sites (N-methyl/N-ethyl adjacent to an activating group) is 1. The summed E-state index contributed by atoms with van der Waals surface area (Å²) in [6.45, 7) is 3.02. The monoisotopic (exact) mass is 304 g/mol. The Morgan fingerprint density at radius 3 is 3.09 bits per heavy atom. The first-order valence-corrected chi connectivity index (χ1v) is 7.26. The van der Waals surface area contributed by atoms with Gasteiger partial charge in [0.15, 0.2) is 12.4 Å². The molecule has 1 saturated heterocycles. The highest BCUT2D eigenvalue weighted by Crippen LogP contribution is 2.21. The topological polar surface area (TPSA) is 72.7 Å². The Bertz CT molecular complexity index is 616. The number of methoxy groups -OCH3 is 1. The molecule has 0 radical (unpaired) electrons. The van der Waals surface area contributed by atoms with Gasteiger partial charge in [0.1, 0.15) is 11.5 Å². The SMILES string of the molecule is COc1cccc(OCc2nc(C3CNCCN3C)no2)c1. The molecule has 0 bridgehead atoms. The van der Waals surface area contributed by atoms with Gasteiger partial charge in [0, 0.05) is 25.7 Å². The fourth-order valence-corrected chi connectivity index (χ4v) is 2.39. The summed E-state index contributed by atoms with van der Waals surface area (Å²) in [4.78, 5) is 6.64. The molecule has 7 nitrogen and oxygen atoms in total. The molecule has 1 unspecified atom stereocenters. The van der Waals surface area contributed by atoms with Gasteiger partial charge < -0.3 is 19.3 Å². The summed E-state index contributed by atoms with van der Waals surface area (Å²) >= 11 is 0. The number of hydrogen-bond acceptors (Lipinski definition) is 7. The average molecular weight is 304 g/mol. The van der Waals surface area contributed by atoms with Gasteiger partial charge in [-0.25, -0.2) is 0 Å². The zero-order valence-electron chi connectivity index (χ0n) is 12.8. The molecule has 1 aliphatic rings. The minimum absolute atomic E-state index is 0.142. The number of ether oxygens (including phenoxy) is 2. The van der Waals surface area contributed by atoms with Crippen molar-refractivity contribution in [2.45, 2.75) is 12.6 Å². The molecular weight excluding hydrogens is 284 g/mol. The van der Waals surface area contributed by atoms with E-state index in [2.05, 4.69) is 27.4 Å². The molecule has 2 heterocycles. The zero-order valence-corrected chi connectivity index (χ0v) is 12.8. The lowest BCUT2D eigenvalue weighted by molar-refractivity contribution is 0.189. The number of benzene rings is 1. The predicted molar refractivity (Wildman–Crippen MR) is 79.9 cm³/mol. The van der Waals surface area contributed by atoms with E-state index in [0.29, 0.717) is 17.5 Å². The third-order valence-electron chi connectivity index (χ3n) is 3.70. The van der Waals surface area contributed by atoms with Crippen LogP contribution in [0.5, 0.6) is 11.5 Å². The molecule has 7 heteroatoms. The lowest BCUT2D eigenvalue weighted by Gasteiger charge is -2.30. The van der Waals surface area contributed by atoms with E-state index in [0.717, 1.165) is 25.4 Å². The van der Waals surface area contributed by atoms with E-state index in [1.807, 2.05) is 24.3 Å². The highest BCUT2D eigenvalue weighted by molar-refractivity contribution is 5.32. The molecule has 1 N–H and O–H groups in total. The van der Waals surface area contributed by atoms with E-state index >= 15 is 0 Å². The van der Waals surface area contributed by atoms with Crippen molar-refractivity contribution in [3.63, 3.8) is 0 Å². The molecule has 1 aromatic heterocycles. The van der Waals surface area contributed by atoms with E-state index in [1.165, 1.54) is 0 Å². The summed E-state index contributed by atoms with van der Waals surface area (Å²) in [5.74, 6) is 2.62. The summed E-state index contributed by atoms with van der Waals surface area (Å²) in [5, 5.41) is 7.40. The lowest BCUT2D eigenvalue weighted by Crippen LogP contribution is -2.44. The first kappa shape index (κ1) is 14.8. The van der Waals surface area contributed by atoms with Crippen LogP contribution >= 0.6 is 0 Å². The minimum Gasteiger partial charge on any atom is -0.497 e. The fourth-order valence-electron chi connectivity index (χ4n) is 2.39. The molecule has 0 saturated carbocycles.